The average molecular weight is 350 g/mol. The first-order valence-electron chi connectivity index (χ1n) is 8.43. The number of benzene rings is 2. The van der Waals surface area contributed by atoms with Gasteiger partial charge < -0.3 is 10.2 Å². The van der Waals surface area contributed by atoms with Crippen molar-refractivity contribution in [3.63, 3.8) is 0 Å². The Morgan fingerprint density at radius 3 is 2.00 bits per heavy atom. The number of rotatable bonds is 2. The second kappa shape index (κ2) is 6.22. The molecule has 6 heteroatoms. The van der Waals surface area contributed by atoms with Crippen molar-refractivity contribution in [1.82, 2.24) is 9.80 Å². The summed E-state index contributed by atoms with van der Waals surface area (Å²) in [6.07, 6.45) is 0.995. The molecule has 2 aliphatic rings. The van der Waals surface area contributed by atoms with Crippen LogP contribution in [0.3, 0.4) is 0 Å². The quantitative estimate of drug-likeness (QED) is 0.858. The molecule has 1 heterocycles. The van der Waals surface area contributed by atoms with Gasteiger partial charge in [-0.15, -0.1) is 0 Å². The SMILES string of the molecule is O=C(O)N1C=CN(C(=O)O)C(CC2c3ccccc3-c3ccccc32)C1. The van der Waals surface area contributed by atoms with Gasteiger partial charge in [-0.2, -0.15) is 0 Å². The highest BCUT2D eigenvalue weighted by atomic mass is 16.4. The van der Waals surface area contributed by atoms with E-state index in [1.165, 1.54) is 17.3 Å². The van der Waals surface area contributed by atoms with Gasteiger partial charge in [-0.25, -0.2) is 9.59 Å². The zero-order chi connectivity index (χ0) is 18.3. The Morgan fingerprint density at radius 2 is 1.46 bits per heavy atom. The van der Waals surface area contributed by atoms with E-state index in [1.807, 2.05) is 24.3 Å². The largest absolute Gasteiger partial charge is 0.465 e. The molecule has 0 aromatic heterocycles. The third kappa shape index (κ3) is 2.60. The summed E-state index contributed by atoms with van der Waals surface area (Å²) < 4.78 is 0. The second-order valence-corrected chi connectivity index (χ2v) is 6.54. The number of hydrogen-bond donors (Lipinski definition) is 2. The lowest BCUT2D eigenvalue weighted by Crippen LogP contribution is -2.48. The number of amides is 2. The molecule has 0 saturated heterocycles. The van der Waals surface area contributed by atoms with Crippen LogP contribution in [0.5, 0.6) is 0 Å². The van der Waals surface area contributed by atoms with E-state index < -0.39 is 18.2 Å². The first-order valence-corrected chi connectivity index (χ1v) is 8.43. The maximum atomic E-state index is 11.6. The molecule has 2 aromatic rings. The van der Waals surface area contributed by atoms with Crippen molar-refractivity contribution in [3.8, 4) is 11.1 Å². The molecule has 2 N–H and O–H groups in total. The van der Waals surface area contributed by atoms with Crippen LogP contribution in [0.2, 0.25) is 0 Å². The van der Waals surface area contributed by atoms with E-state index in [4.69, 9.17) is 0 Å². The van der Waals surface area contributed by atoms with Gasteiger partial charge >= 0.3 is 12.2 Å². The maximum absolute atomic E-state index is 11.6. The molecule has 2 aromatic carbocycles. The lowest BCUT2D eigenvalue weighted by atomic mass is 9.89. The molecule has 0 spiro atoms. The Hall–Kier alpha value is -3.28. The molecule has 26 heavy (non-hydrogen) atoms. The molecule has 6 nitrogen and oxygen atoms in total. The summed E-state index contributed by atoms with van der Waals surface area (Å²) in [5.74, 6) is 0.0383. The van der Waals surface area contributed by atoms with E-state index in [0.29, 0.717) is 6.42 Å². The van der Waals surface area contributed by atoms with Gasteiger partial charge in [0.2, 0.25) is 0 Å². The Morgan fingerprint density at radius 1 is 0.885 bits per heavy atom. The molecular formula is C20H18N2O4. The smallest absolute Gasteiger partial charge is 0.411 e. The fourth-order valence-corrected chi connectivity index (χ4v) is 3.99. The van der Waals surface area contributed by atoms with Crippen LogP contribution in [0, 0.1) is 0 Å². The summed E-state index contributed by atoms with van der Waals surface area (Å²) >= 11 is 0. The first-order chi connectivity index (χ1) is 12.6. The number of hydrogen-bond acceptors (Lipinski definition) is 2. The van der Waals surface area contributed by atoms with Crippen molar-refractivity contribution in [1.29, 1.82) is 0 Å². The van der Waals surface area contributed by atoms with Crippen LogP contribution in [0.4, 0.5) is 9.59 Å². The maximum Gasteiger partial charge on any atom is 0.411 e. The lowest BCUT2D eigenvalue weighted by Gasteiger charge is -2.35. The van der Waals surface area contributed by atoms with Gasteiger partial charge in [-0.1, -0.05) is 48.5 Å². The van der Waals surface area contributed by atoms with Crippen molar-refractivity contribution in [3.05, 3.63) is 72.1 Å². The van der Waals surface area contributed by atoms with Crippen LogP contribution in [0.1, 0.15) is 23.5 Å². The average Bonchev–Trinajstić information content (AvgIpc) is 2.96. The molecule has 0 bridgehead atoms. The lowest BCUT2D eigenvalue weighted by molar-refractivity contribution is 0.114. The standard InChI is InChI=1S/C20H18N2O4/c23-19(24)21-9-10-22(20(25)26)13(12-21)11-18-16-7-3-1-5-14(16)15-6-2-4-8-17(15)18/h1-10,13,18H,11-12H2,(H,23,24)(H,25,26). The van der Waals surface area contributed by atoms with Crippen LogP contribution >= 0.6 is 0 Å². The van der Waals surface area contributed by atoms with Crippen LogP contribution in [-0.4, -0.2) is 44.8 Å². The Labute approximate surface area is 150 Å². The third-order valence-electron chi connectivity index (χ3n) is 5.14. The number of carboxylic acid groups (broad SMARTS) is 2. The molecule has 4 rings (SSSR count). The summed E-state index contributed by atoms with van der Waals surface area (Å²) in [5, 5.41) is 18.8. The molecule has 0 saturated carbocycles. The second-order valence-electron chi connectivity index (χ2n) is 6.54. The van der Waals surface area contributed by atoms with Gasteiger partial charge in [0.1, 0.15) is 0 Å². The van der Waals surface area contributed by atoms with Gasteiger partial charge in [-0.05, 0) is 28.7 Å². The molecule has 1 aliphatic heterocycles. The van der Waals surface area contributed by atoms with E-state index >= 15 is 0 Å². The van der Waals surface area contributed by atoms with Crippen molar-refractivity contribution >= 4 is 12.2 Å². The van der Waals surface area contributed by atoms with Crippen molar-refractivity contribution in [2.24, 2.45) is 0 Å². The van der Waals surface area contributed by atoms with E-state index in [2.05, 4.69) is 24.3 Å². The third-order valence-corrected chi connectivity index (χ3v) is 5.14. The molecule has 132 valence electrons. The minimum atomic E-state index is -1.08. The van der Waals surface area contributed by atoms with E-state index in [-0.39, 0.29) is 12.5 Å². The van der Waals surface area contributed by atoms with Gasteiger partial charge in [0.15, 0.2) is 0 Å². The number of fused-ring (bicyclic) bond motifs is 3. The summed E-state index contributed by atoms with van der Waals surface area (Å²) in [6, 6.07) is 15.8. The van der Waals surface area contributed by atoms with E-state index in [1.54, 1.807) is 0 Å². The number of nitrogens with zero attached hydrogens (tertiary/aromatic N) is 2. The minimum absolute atomic E-state index is 0.0383. The summed E-state index contributed by atoms with van der Waals surface area (Å²) in [5.41, 5.74) is 4.65. The molecular weight excluding hydrogens is 332 g/mol. The Bertz CT molecular complexity index is 863. The highest BCUT2D eigenvalue weighted by Crippen LogP contribution is 2.47. The van der Waals surface area contributed by atoms with Crippen LogP contribution < -0.4 is 0 Å². The topological polar surface area (TPSA) is 81.1 Å². The zero-order valence-corrected chi connectivity index (χ0v) is 13.9. The summed E-state index contributed by atoms with van der Waals surface area (Å²) in [6.45, 7) is 0.124. The van der Waals surface area contributed by atoms with Crippen LogP contribution in [0.25, 0.3) is 11.1 Å². The van der Waals surface area contributed by atoms with E-state index in [0.717, 1.165) is 27.2 Å². The highest BCUT2D eigenvalue weighted by molar-refractivity contribution is 5.79. The van der Waals surface area contributed by atoms with Crippen LogP contribution in [0.15, 0.2) is 60.9 Å². The predicted molar refractivity (Wildman–Crippen MR) is 95.9 cm³/mol. The van der Waals surface area contributed by atoms with Crippen molar-refractivity contribution in [2.75, 3.05) is 6.54 Å². The normalized spacial score (nSPS) is 18.5. The number of carbonyl (C=O) groups is 2. The minimum Gasteiger partial charge on any atom is -0.465 e. The first kappa shape index (κ1) is 16.2. The molecule has 1 aliphatic carbocycles. The van der Waals surface area contributed by atoms with Gasteiger partial charge in [0.25, 0.3) is 0 Å². The summed E-state index contributed by atoms with van der Waals surface area (Å²) in [7, 11) is 0. The highest BCUT2D eigenvalue weighted by Gasteiger charge is 2.35. The van der Waals surface area contributed by atoms with Crippen molar-refractivity contribution < 1.29 is 19.8 Å². The fraction of sp³-hybridized carbons (Fsp3) is 0.200. The van der Waals surface area contributed by atoms with Gasteiger partial charge in [0, 0.05) is 24.9 Å². The Kier molecular flexibility index (Phi) is 3.88. The Balaban J connectivity index is 1.70. The molecule has 0 fully saturated rings. The van der Waals surface area contributed by atoms with E-state index in [9.17, 15) is 19.8 Å². The molecule has 0 radical (unpaired) electrons. The predicted octanol–water partition coefficient (Wildman–Crippen LogP) is 4.00. The van der Waals surface area contributed by atoms with Gasteiger partial charge in [-0.3, -0.25) is 9.80 Å². The monoisotopic (exact) mass is 350 g/mol. The van der Waals surface area contributed by atoms with Crippen LogP contribution in [-0.2, 0) is 0 Å². The van der Waals surface area contributed by atoms with Gasteiger partial charge in [0.05, 0.1) is 6.04 Å². The zero-order valence-electron chi connectivity index (χ0n) is 13.9. The van der Waals surface area contributed by atoms with Crippen molar-refractivity contribution in [2.45, 2.75) is 18.4 Å². The summed E-state index contributed by atoms with van der Waals surface area (Å²) in [4.78, 5) is 25.3. The molecule has 1 unspecified atom stereocenters. The molecule has 1 atom stereocenters. The molecule has 2 amide bonds. The fourth-order valence-electron chi connectivity index (χ4n) is 3.99.